The van der Waals surface area contributed by atoms with Crippen LogP contribution in [0.4, 0.5) is 16.0 Å². The lowest BCUT2D eigenvalue weighted by Crippen LogP contribution is -2.47. The average molecular weight is 608 g/mol. The van der Waals surface area contributed by atoms with Gasteiger partial charge in [-0.3, -0.25) is 19.2 Å². The van der Waals surface area contributed by atoms with E-state index in [1.165, 1.54) is 6.07 Å². The maximum Gasteiger partial charge on any atom is 0.309 e. The number of anilines is 2. The van der Waals surface area contributed by atoms with E-state index in [4.69, 9.17) is 14.9 Å². The predicted octanol–water partition coefficient (Wildman–Crippen LogP) is 2.19. The van der Waals surface area contributed by atoms with Crippen molar-refractivity contribution in [3.63, 3.8) is 0 Å². The fraction of sp³-hybridized carbons (Fsp3) is 0.414. The van der Waals surface area contributed by atoms with E-state index in [9.17, 15) is 4.79 Å². The molecule has 0 atom stereocenters. The fourth-order valence-electron chi connectivity index (χ4n) is 5.81. The first kappa shape index (κ1) is 27.8. The third-order valence-electron chi connectivity index (χ3n) is 8.18. The van der Waals surface area contributed by atoms with E-state index in [2.05, 4.69) is 30.1 Å². The first-order valence-corrected chi connectivity index (χ1v) is 15.4. The maximum absolute atomic E-state index is 15.0. The zero-order valence-electron chi connectivity index (χ0n) is 23.7. The first-order valence-electron chi connectivity index (χ1n) is 14.6. The van der Waals surface area contributed by atoms with Gasteiger partial charge < -0.3 is 25.1 Å². The Balaban J connectivity index is 0.963. The van der Waals surface area contributed by atoms with E-state index >= 15 is 4.39 Å². The number of halogens is 1. The van der Waals surface area contributed by atoms with Crippen molar-refractivity contribution in [1.82, 2.24) is 34.3 Å². The van der Waals surface area contributed by atoms with Gasteiger partial charge in [0, 0.05) is 78.1 Å². The Morgan fingerprint density at radius 2 is 1.84 bits per heavy atom. The number of nitrogen functional groups attached to an aromatic ring is 1. The molecule has 0 aliphatic carbocycles. The quantitative estimate of drug-likeness (QED) is 0.258. The molecule has 0 unspecified atom stereocenters. The van der Waals surface area contributed by atoms with Gasteiger partial charge in [-0.25, -0.2) is 4.39 Å². The molecule has 2 aliphatic heterocycles. The van der Waals surface area contributed by atoms with Crippen LogP contribution in [0.15, 0.2) is 51.9 Å². The summed E-state index contributed by atoms with van der Waals surface area (Å²) in [7, 11) is 0. The van der Waals surface area contributed by atoms with Gasteiger partial charge in [0.05, 0.1) is 17.5 Å². The minimum atomic E-state index is -0.269. The number of ether oxygens (including phenoxy) is 1. The van der Waals surface area contributed by atoms with E-state index in [0.29, 0.717) is 61.3 Å². The first-order chi connectivity index (χ1) is 21.0. The second-order valence-corrected chi connectivity index (χ2v) is 11.8. The number of furan rings is 1. The standard InChI is InChI=1S/C29H34FN9O3S/c30-21-18-20(41-17-15-35-7-5-32-6-8-35)3-4-23(21)37-12-9-36(10-13-37)11-14-38-27-26(43-29(38)40)24-19-22(25-2-1-16-42-25)34-39(24)28(31)33-27/h1-4,16,18-19,32H,5-15,17H2,(H2,31,33). The number of benzene rings is 1. The summed E-state index contributed by atoms with van der Waals surface area (Å²) < 4.78 is 30.3. The molecular weight excluding hydrogens is 573 g/mol. The Morgan fingerprint density at radius 1 is 1.02 bits per heavy atom. The molecule has 43 heavy (non-hydrogen) atoms. The Bertz CT molecular complexity index is 1770. The minimum Gasteiger partial charge on any atom is -0.492 e. The zero-order valence-corrected chi connectivity index (χ0v) is 24.6. The van der Waals surface area contributed by atoms with Crippen LogP contribution in [0, 0.1) is 5.82 Å². The van der Waals surface area contributed by atoms with Crippen molar-refractivity contribution in [2.24, 2.45) is 0 Å². The largest absolute Gasteiger partial charge is 0.492 e. The zero-order chi connectivity index (χ0) is 29.3. The van der Waals surface area contributed by atoms with E-state index < -0.39 is 0 Å². The highest BCUT2D eigenvalue weighted by atomic mass is 32.1. The molecule has 1 aromatic carbocycles. The molecule has 0 radical (unpaired) electrons. The van der Waals surface area contributed by atoms with Crippen molar-refractivity contribution in [1.29, 1.82) is 0 Å². The molecular formula is C29H34FN9O3S. The van der Waals surface area contributed by atoms with Crippen LogP contribution in [0.25, 0.3) is 27.3 Å². The number of fused-ring (bicyclic) bond motifs is 3. The smallest absolute Gasteiger partial charge is 0.309 e. The summed E-state index contributed by atoms with van der Waals surface area (Å²) in [5.74, 6) is 1.11. The summed E-state index contributed by atoms with van der Waals surface area (Å²) in [6.45, 7) is 9.45. The Labute approximate surface area is 251 Å². The Morgan fingerprint density at radius 3 is 2.60 bits per heavy atom. The molecule has 14 heteroatoms. The lowest BCUT2D eigenvalue weighted by Gasteiger charge is -2.36. The molecule has 7 rings (SSSR count). The molecule has 12 nitrogen and oxygen atoms in total. The fourth-order valence-corrected chi connectivity index (χ4v) is 6.76. The number of piperazine rings is 2. The lowest BCUT2D eigenvalue weighted by molar-refractivity contribution is 0.191. The van der Waals surface area contributed by atoms with Gasteiger partial charge in [0.15, 0.2) is 11.4 Å². The van der Waals surface area contributed by atoms with Gasteiger partial charge in [0.25, 0.3) is 0 Å². The van der Waals surface area contributed by atoms with Crippen LogP contribution in [0.2, 0.25) is 0 Å². The Kier molecular flexibility index (Phi) is 7.74. The van der Waals surface area contributed by atoms with E-state index in [1.807, 2.05) is 24.3 Å². The van der Waals surface area contributed by atoms with E-state index in [1.54, 1.807) is 21.4 Å². The van der Waals surface area contributed by atoms with Crippen LogP contribution in [-0.4, -0.2) is 101 Å². The van der Waals surface area contributed by atoms with Gasteiger partial charge in [0.1, 0.15) is 28.6 Å². The summed E-state index contributed by atoms with van der Waals surface area (Å²) in [5.41, 5.74) is 8.74. The number of nitrogens with two attached hydrogens (primary N) is 1. The molecule has 6 heterocycles. The van der Waals surface area contributed by atoms with Gasteiger partial charge in [-0.2, -0.15) is 14.6 Å². The van der Waals surface area contributed by atoms with Crippen LogP contribution in [0.3, 0.4) is 0 Å². The van der Waals surface area contributed by atoms with Crippen LogP contribution in [0.1, 0.15) is 0 Å². The van der Waals surface area contributed by atoms with Gasteiger partial charge in [-0.1, -0.05) is 11.3 Å². The van der Waals surface area contributed by atoms with Crippen molar-refractivity contribution in [2.45, 2.75) is 6.54 Å². The monoisotopic (exact) mass is 607 g/mol. The van der Waals surface area contributed by atoms with Crippen LogP contribution in [0.5, 0.6) is 5.75 Å². The summed E-state index contributed by atoms with van der Waals surface area (Å²) >= 11 is 1.14. The van der Waals surface area contributed by atoms with E-state index in [0.717, 1.165) is 67.4 Å². The lowest BCUT2D eigenvalue weighted by atomic mass is 10.2. The number of hydrogen-bond acceptors (Lipinski definition) is 11. The highest BCUT2D eigenvalue weighted by molar-refractivity contribution is 7.17. The minimum absolute atomic E-state index is 0.0910. The maximum atomic E-state index is 15.0. The van der Waals surface area contributed by atoms with Gasteiger partial charge in [0.2, 0.25) is 5.95 Å². The van der Waals surface area contributed by atoms with Crippen molar-refractivity contribution in [3.05, 3.63) is 58.1 Å². The molecule has 2 saturated heterocycles. The van der Waals surface area contributed by atoms with E-state index in [-0.39, 0.29) is 16.6 Å². The molecule has 2 fully saturated rings. The second-order valence-electron chi connectivity index (χ2n) is 10.8. The second kappa shape index (κ2) is 12.0. The third kappa shape index (κ3) is 5.70. The van der Waals surface area contributed by atoms with Gasteiger partial charge in [-0.05, 0) is 30.3 Å². The SMILES string of the molecule is Nc1nc2c(sc(=O)n2CCN2CCN(c3ccc(OCCN4CCNCC4)cc3F)CC2)c2cc(-c3ccco3)nn12. The molecule has 0 amide bonds. The molecule has 5 aromatic rings. The number of nitrogens with zero attached hydrogens (tertiary/aromatic N) is 7. The highest BCUT2D eigenvalue weighted by Crippen LogP contribution is 2.29. The third-order valence-corrected chi connectivity index (χ3v) is 9.17. The predicted molar refractivity (Wildman–Crippen MR) is 165 cm³/mol. The number of rotatable bonds is 9. The van der Waals surface area contributed by atoms with Crippen molar-refractivity contribution in [3.8, 4) is 17.2 Å². The van der Waals surface area contributed by atoms with Crippen molar-refractivity contribution < 1.29 is 13.5 Å². The summed E-state index contributed by atoms with van der Waals surface area (Å²) in [4.78, 5) is 24.2. The van der Waals surface area contributed by atoms with Gasteiger partial charge >= 0.3 is 4.87 Å². The summed E-state index contributed by atoms with van der Waals surface area (Å²) in [6.07, 6.45) is 1.59. The van der Waals surface area contributed by atoms with Crippen LogP contribution < -0.4 is 25.6 Å². The summed E-state index contributed by atoms with van der Waals surface area (Å²) in [6, 6.07) is 10.6. The number of aromatic nitrogens is 4. The van der Waals surface area contributed by atoms with Crippen LogP contribution >= 0.6 is 11.3 Å². The summed E-state index contributed by atoms with van der Waals surface area (Å²) in [5, 5.41) is 7.86. The molecule has 0 spiro atoms. The number of thiazole rings is 1. The van der Waals surface area contributed by atoms with Crippen LogP contribution in [-0.2, 0) is 6.54 Å². The number of nitrogens with one attached hydrogen (secondary N) is 1. The molecule has 3 N–H and O–H groups in total. The highest BCUT2D eigenvalue weighted by Gasteiger charge is 2.22. The topological polar surface area (TPSA) is 122 Å². The molecule has 226 valence electrons. The van der Waals surface area contributed by atoms with Crippen molar-refractivity contribution >= 4 is 38.8 Å². The normalized spacial score (nSPS) is 16.9. The average Bonchev–Trinajstić information content (AvgIpc) is 3.77. The number of hydrogen-bond donors (Lipinski definition) is 2. The van der Waals surface area contributed by atoms with Crippen molar-refractivity contribution in [2.75, 3.05) is 82.7 Å². The van der Waals surface area contributed by atoms with Gasteiger partial charge in [-0.15, -0.1) is 0 Å². The Hall–Kier alpha value is -3.98. The molecule has 4 aromatic heterocycles. The molecule has 2 aliphatic rings. The molecule has 0 bridgehead atoms. The molecule has 0 saturated carbocycles.